The van der Waals surface area contributed by atoms with Crippen LogP contribution in [0.3, 0.4) is 0 Å². The van der Waals surface area contributed by atoms with E-state index in [4.69, 9.17) is 14.4 Å². The standard InChI is InChI=1S/C40H24N2O/c1-3-10-25(11-4-1)35-23-27-18-19-28(22-29(27)24-41-35)30-15-9-16-33-38-36(43-40(30)33)21-20-32-37(38)31-14-7-8-17-34(31)42-39(32)26-12-5-2-6-13-26/h1-24H. The molecule has 0 spiro atoms. The van der Waals surface area contributed by atoms with Gasteiger partial charge in [-0.1, -0.05) is 109 Å². The summed E-state index contributed by atoms with van der Waals surface area (Å²) in [7, 11) is 0. The molecular weight excluding hydrogens is 524 g/mol. The minimum atomic E-state index is 0.875. The Balaban J connectivity index is 1.28. The van der Waals surface area contributed by atoms with Gasteiger partial charge in [-0.05, 0) is 41.3 Å². The van der Waals surface area contributed by atoms with E-state index in [1.54, 1.807) is 0 Å². The molecule has 0 bridgehead atoms. The van der Waals surface area contributed by atoms with E-state index in [1.165, 1.54) is 5.39 Å². The summed E-state index contributed by atoms with van der Waals surface area (Å²) >= 11 is 0. The predicted molar refractivity (Wildman–Crippen MR) is 178 cm³/mol. The zero-order valence-corrected chi connectivity index (χ0v) is 23.2. The molecule has 0 unspecified atom stereocenters. The van der Waals surface area contributed by atoms with Gasteiger partial charge < -0.3 is 4.42 Å². The number of fused-ring (bicyclic) bond motifs is 8. The van der Waals surface area contributed by atoms with Crippen molar-refractivity contribution in [3.63, 3.8) is 0 Å². The van der Waals surface area contributed by atoms with E-state index in [0.717, 1.165) is 82.6 Å². The fraction of sp³-hybridized carbons (Fsp3) is 0. The molecule has 0 saturated carbocycles. The molecule has 3 heteroatoms. The van der Waals surface area contributed by atoms with Crippen molar-refractivity contribution in [2.45, 2.75) is 0 Å². The maximum atomic E-state index is 6.69. The summed E-state index contributed by atoms with van der Waals surface area (Å²) in [6.45, 7) is 0. The van der Waals surface area contributed by atoms with Gasteiger partial charge >= 0.3 is 0 Å². The second-order valence-corrected chi connectivity index (χ2v) is 11.0. The monoisotopic (exact) mass is 548 g/mol. The number of aromatic nitrogens is 2. The van der Waals surface area contributed by atoms with Gasteiger partial charge in [0.25, 0.3) is 0 Å². The Morgan fingerprint density at radius 2 is 1.26 bits per heavy atom. The normalized spacial score (nSPS) is 11.7. The van der Waals surface area contributed by atoms with E-state index in [0.29, 0.717) is 0 Å². The molecule has 200 valence electrons. The molecule has 3 nitrogen and oxygen atoms in total. The second-order valence-electron chi connectivity index (χ2n) is 11.0. The molecule has 0 aliphatic rings. The summed E-state index contributed by atoms with van der Waals surface area (Å²) < 4.78 is 6.69. The van der Waals surface area contributed by atoms with Crippen LogP contribution in [0.5, 0.6) is 0 Å². The third-order valence-corrected chi connectivity index (χ3v) is 8.47. The van der Waals surface area contributed by atoms with Crippen LogP contribution in [0.2, 0.25) is 0 Å². The van der Waals surface area contributed by atoms with Crippen LogP contribution in [-0.4, -0.2) is 9.97 Å². The van der Waals surface area contributed by atoms with Crippen LogP contribution in [0.1, 0.15) is 0 Å². The molecule has 0 radical (unpaired) electrons. The lowest BCUT2D eigenvalue weighted by atomic mass is 9.95. The first-order valence-electron chi connectivity index (χ1n) is 14.5. The molecule has 0 fully saturated rings. The number of nitrogens with zero attached hydrogens (tertiary/aromatic N) is 2. The fourth-order valence-electron chi connectivity index (χ4n) is 6.45. The smallest absolute Gasteiger partial charge is 0.143 e. The van der Waals surface area contributed by atoms with Gasteiger partial charge in [0.15, 0.2) is 0 Å². The molecule has 0 N–H and O–H groups in total. The van der Waals surface area contributed by atoms with Gasteiger partial charge in [0.1, 0.15) is 11.2 Å². The zero-order chi connectivity index (χ0) is 28.3. The molecule has 0 aliphatic carbocycles. The number of rotatable bonds is 3. The van der Waals surface area contributed by atoms with E-state index >= 15 is 0 Å². The molecule has 6 aromatic carbocycles. The highest BCUT2D eigenvalue weighted by Crippen LogP contribution is 2.43. The molecule has 43 heavy (non-hydrogen) atoms. The van der Waals surface area contributed by atoms with Gasteiger partial charge in [-0.2, -0.15) is 0 Å². The first kappa shape index (κ1) is 23.9. The molecule has 0 aliphatic heterocycles. The van der Waals surface area contributed by atoms with Crippen LogP contribution in [0.15, 0.2) is 150 Å². The van der Waals surface area contributed by atoms with E-state index in [2.05, 4.69) is 115 Å². The van der Waals surface area contributed by atoms with E-state index in [-0.39, 0.29) is 0 Å². The van der Waals surface area contributed by atoms with Gasteiger partial charge in [-0.15, -0.1) is 0 Å². The number of hydrogen-bond donors (Lipinski definition) is 0. The van der Waals surface area contributed by atoms with E-state index in [9.17, 15) is 0 Å². The Morgan fingerprint density at radius 1 is 0.488 bits per heavy atom. The van der Waals surface area contributed by atoms with Crippen LogP contribution in [0.4, 0.5) is 0 Å². The predicted octanol–water partition coefficient (Wildman–Crippen LogP) is 10.8. The molecule has 3 heterocycles. The molecular formula is C40H24N2O. The number of benzene rings is 6. The summed E-state index contributed by atoms with van der Waals surface area (Å²) in [5, 5.41) is 7.91. The highest BCUT2D eigenvalue weighted by Gasteiger charge is 2.19. The van der Waals surface area contributed by atoms with Crippen LogP contribution in [-0.2, 0) is 0 Å². The van der Waals surface area contributed by atoms with Crippen molar-refractivity contribution >= 4 is 54.4 Å². The lowest BCUT2D eigenvalue weighted by molar-refractivity contribution is 0.670. The summed E-state index contributed by atoms with van der Waals surface area (Å²) in [4.78, 5) is 9.90. The van der Waals surface area contributed by atoms with Crippen molar-refractivity contribution in [2.75, 3.05) is 0 Å². The number of furan rings is 1. The number of pyridine rings is 2. The van der Waals surface area contributed by atoms with E-state index < -0.39 is 0 Å². The lowest BCUT2D eigenvalue weighted by Crippen LogP contribution is -1.90. The van der Waals surface area contributed by atoms with Crippen molar-refractivity contribution in [1.29, 1.82) is 0 Å². The van der Waals surface area contributed by atoms with Crippen LogP contribution in [0.25, 0.3) is 88.0 Å². The van der Waals surface area contributed by atoms with Crippen molar-refractivity contribution in [3.05, 3.63) is 146 Å². The molecule has 0 atom stereocenters. The zero-order valence-electron chi connectivity index (χ0n) is 23.2. The average Bonchev–Trinajstić information content (AvgIpc) is 3.47. The van der Waals surface area contributed by atoms with Gasteiger partial charge in [0.2, 0.25) is 0 Å². The highest BCUT2D eigenvalue weighted by molar-refractivity contribution is 6.29. The highest BCUT2D eigenvalue weighted by atomic mass is 16.3. The minimum absolute atomic E-state index is 0.875. The third kappa shape index (κ3) is 3.75. The Kier molecular flexibility index (Phi) is 5.20. The van der Waals surface area contributed by atoms with Crippen molar-refractivity contribution < 1.29 is 4.42 Å². The minimum Gasteiger partial charge on any atom is -0.455 e. The lowest BCUT2D eigenvalue weighted by Gasteiger charge is -2.11. The Bertz CT molecular complexity index is 2500. The SMILES string of the molecule is c1ccc(-c2cc3ccc(-c4cccc5c4oc4ccc6c(-c7ccccc7)nc7ccccc7c6c45)cc3cn2)cc1. The average molecular weight is 549 g/mol. The van der Waals surface area contributed by atoms with Crippen molar-refractivity contribution in [3.8, 4) is 33.6 Å². The van der Waals surface area contributed by atoms with Gasteiger partial charge in [0.05, 0.1) is 16.9 Å². The molecule has 3 aromatic heterocycles. The Morgan fingerprint density at radius 3 is 2.12 bits per heavy atom. The van der Waals surface area contributed by atoms with Crippen molar-refractivity contribution in [1.82, 2.24) is 9.97 Å². The van der Waals surface area contributed by atoms with Crippen molar-refractivity contribution in [2.24, 2.45) is 0 Å². The first-order valence-corrected chi connectivity index (χ1v) is 14.5. The third-order valence-electron chi connectivity index (χ3n) is 8.47. The summed E-state index contributed by atoms with van der Waals surface area (Å²) in [5.41, 5.74) is 9.09. The van der Waals surface area contributed by atoms with Gasteiger partial charge in [0, 0.05) is 55.2 Å². The summed E-state index contributed by atoms with van der Waals surface area (Å²) in [6, 6.07) is 48.6. The van der Waals surface area contributed by atoms with Gasteiger partial charge in [-0.3, -0.25) is 4.98 Å². The molecule has 0 amide bonds. The molecule has 0 saturated heterocycles. The second kappa shape index (κ2) is 9.37. The number of para-hydroxylation sites is 2. The van der Waals surface area contributed by atoms with Crippen LogP contribution in [0, 0.1) is 0 Å². The quantitative estimate of drug-likeness (QED) is 0.206. The largest absolute Gasteiger partial charge is 0.455 e. The maximum absolute atomic E-state index is 6.69. The maximum Gasteiger partial charge on any atom is 0.143 e. The first-order chi connectivity index (χ1) is 21.3. The topological polar surface area (TPSA) is 38.9 Å². The summed E-state index contributed by atoms with van der Waals surface area (Å²) in [5.74, 6) is 0. The fourth-order valence-corrected chi connectivity index (χ4v) is 6.45. The van der Waals surface area contributed by atoms with Crippen LogP contribution < -0.4 is 0 Å². The number of hydrogen-bond acceptors (Lipinski definition) is 3. The summed E-state index contributed by atoms with van der Waals surface area (Å²) in [6.07, 6.45) is 1.97. The van der Waals surface area contributed by atoms with Gasteiger partial charge in [-0.25, -0.2) is 4.98 Å². The molecule has 9 rings (SSSR count). The molecule has 9 aromatic rings. The van der Waals surface area contributed by atoms with E-state index in [1.807, 2.05) is 30.5 Å². The Labute approximate surface area is 247 Å². The Hall–Kier alpha value is -5.80. The van der Waals surface area contributed by atoms with Crippen LogP contribution >= 0.6 is 0 Å².